The second-order valence-corrected chi connectivity index (χ2v) is 4.48. The molecule has 0 atom stereocenters. The van der Waals surface area contributed by atoms with Gasteiger partial charge in [0.2, 0.25) is 0 Å². The maximum atomic E-state index is 12.1. The van der Waals surface area contributed by atoms with Gasteiger partial charge in [0.05, 0.1) is 23.4 Å². The Balaban J connectivity index is 2.24. The third kappa shape index (κ3) is 2.95. The second kappa shape index (κ2) is 5.71. The number of anilines is 2. The normalized spacial score (nSPS) is 10.1. The fourth-order valence-electron chi connectivity index (χ4n) is 1.65. The summed E-state index contributed by atoms with van der Waals surface area (Å²) >= 11 is 5.97. The molecule has 0 aliphatic heterocycles. The Hall–Kier alpha value is -2.40. The van der Waals surface area contributed by atoms with Crippen LogP contribution in [0.1, 0.15) is 10.4 Å². The number of benzene rings is 2. The third-order valence-electron chi connectivity index (χ3n) is 2.69. The first-order chi connectivity index (χ1) is 9.51. The molecule has 1 amide bonds. The Kier molecular flexibility index (Phi) is 4.00. The van der Waals surface area contributed by atoms with Crippen molar-refractivity contribution in [2.75, 3.05) is 18.2 Å². The van der Waals surface area contributed by atoms with E-state index in [0.29, 0.717) is 22.1 Å². The molecule has 6 heteroatoms. The zero-order valence-corrected chi connectivity index (χ0v) is 11.4. The highest BCUT2D eigenvalue weighted by Crippen LogP contribution is 2.27. The highest BCUT2D eigenvalue weighted by molar-refractivity contribution is 6.34. The summed E-state index contributed by atoms with van der Waals surface area (Å²) in [4.78, 5) is 12.1. The van der Waals surface area contributed by atoms with Crippen molar-refractivity contribution in [3.8, 4) is 11.5 Å². The van der Waals surface area contributed by atoms with E-state index in [1.807, 2.05) is 0 Å². The van der Waals surface area contributed by atoms with Gasteiger partial charge >= 0.3 is 0 Å². The summed E-state index contributed by atoms with van der Waals surface area (Å²) in [5.41, 5.74) is 6.62. The lowest BCUT2D eigenvalue weighted by Crippen LogP contribution is -2.12. The molecule has 4 N–H and O–H groups in total. The van der Waals surface area contributed by atoms with Crippen LogP contribution in [-0.4, -0.2) is 18.1 Å². The van der Waals surface area contributed by atoms with E-state index < -0.39 is 5.91 Å². The summed E-state index contributed by atoms with van der Waals surface area (Å²) < 4.78 is 4.95. The number of rotatable bonds is 3. The number of amides is 1. The van der Waals surface area contributed by atoms with Crippen molar-refractivity contribution in [1.82, 2.24) is 0 Å². The number of methoxy groups -OCH3 is 1. The molecule has 104 valence electrons. The number of nitrogens with two attached hydrogens (primary N) is 1. The van der Waals surface area contributed by atoms with Crippen LogP contribution in [0, 0.1) is 0 Å². The van der Waals surface area contributed by atoms with Crippen LogP contribution in [-0.2, 0) is 0 Å². The summed E-state index contributed by atoms with van der Waals surface area (Å²) in [6, 6.07) is 9.16. The third-order valence-corrected chi connectivity index (χ3v) is 3.00. The van der Waals surface area contributed by atoms with Gasteiger partial charge in [0.1, 0.15) is 11.5 Å². The largest absolute Gasteiger partial charge is 0.507 e. The van der Waals surface area contributed by atoms with Crippen LogP contribution in [0.2, 0.25) is 5.02 Å². The van der Waals surface area contributed by atoms with Crippen molar-refractivity contribution >= 4 is 28.9 Å². The molecule has 0 heterocycles. The van der Waals surface area contributed by atoms with Crippen LogP contribution in [0.3, 0.4) is 0 Å². The summed E-state index contributed by atoms with van der Waals surface area (Å²) in [5.74, 6) is -0.185. The molecular formula is C14H13ClN2O3. The molecule has 0 radical (unpaired) electrons. The van der Waals surface area contributed by atoms with E-state index in [2.05, 4.69) is 5.32 Å². The number of carbonyl (C=O) groups is 1. The number of halogens is 1. The molecule has 0 aromatic heterocycles. The number of aromatic hydroxyl groups is 1. The van der Waals surface area contributed by atoms with Gasteiger partial charge in [0.15, 0.2) is 0 Å². The summed E-state index contributed by atoms with van der Waals surface area (Å²) in [5, 5.41) is 12.7. The lowest BCUT2D eigenvalue weighted by atomic mass is 10.1. The molecule has 0 unspecified atom stereocenters. The van der Waals surface area contributed by atoms with Gasteiger partial charge in [-0.2, -0.15) is 0 Å². The average molecular weight is 293 g/mol. The van der Waals surface area contributed by atoms with E-state index in [0.717, 1.165) is 0 Å². The predicted molar refractivity (Wildman–Crippen MR) is 78.5 cm³/mol. The quantitative estimate of drug-likeness (QED) is 0.759. The van der Waals surface area contributed by atoms with Crippen molar-refractivity contribution in [3.05, 3.63) is 47.0 Å². The van der Waals surface area contributed by atoms with Crippen LogP contribution in [0.4, 0.5) is 11.4 Å². The molecule has 0 spiro atoms. The van der Waals surface area contributed by atoms with E-state index in [1.54, 1.807) is 18.2 Å². The summed E-state index contributed by atoms with van der Waals surface area (Å²) in [7, 11) is 1.47. The molecular weight excluding hydrogens is 280 g/mol. The average Bonchev–Trinajstić information content (AvgIpc) is 2.41. The molecule has 0 fully saturated rings. The minimum atomic E-state index is -0.475. The molecule has 2 aromatic rings. The number of nitrogens with one attached hydrogen (secondary N) is 1. The standard InChI is InChI=1S/C14H13ClN2O3/c1-20-9-3-4-10(13(18)7-9)14(19)17-12-5-2-8(16)6-11(12)15/h2-7,18H,16H2,1H3,(H,17,19). The van der Waals surface area contributed by atoms with Gasteiger partial charge in [-0.1, -0.05) is 11.6 Å². The monoisotopic (exact) mass is 292 g/mol. The SMILES string of the molecule is COc1ccc(C(=O)Nc2ccc(N)cc2Cl)c(O)c1. The van der Waals surface area contributed by atoms with Crippen molar-refractivity contribution < 1.29 is 14.6 Å². The second-order valence-electron chi connectivity index (χ2n) is 4.08. The molecule has 0 saturated heterocycles. The molecule has 2 rings (SSSR count). The van der Waals surface area contributed by atoms with E-state index >= 15 is 0 Å². The van der Waals surface area contributed by atoms with Crippen LogP contribution < -0.4 is 15.8 Å². The number of ether oxygens (including phenoxy) is 1. The fraction of sp³-hybridized carbons (Fsp3) is 0.0714. The van der Waals surface area contributed by atoms with Crippen molar-refractivity contribution in [1.29, 1.82) is 0 Å². The number of carbonyl (C=O) groups excluding carboxylic acids is 1. The topological polar surface area (TPSA) is 84.6 Å². The van der Waals surface area contributed by atoms with Gasteiger partial charge in [0, 0.05) is 11.8 Å². The van der Waals surface area contributed by atoms with E-state index in [-0.39, 0.29) is 11.3 Å². The van der Waals surface area contributed by atoms with Gasteiger partial charge in [0.25, 0.3) is 5.91 Å². The Morgan fingerprint density at radius 2 is 2.05 bits per heavy atom. The van der Waals surface area contributed by atoms with Crippen molar-refractivity contribution in [3.63, 3.8) is 0 Å². The van der Waals surface area contributed by atoms with Crippen LogP contribution in [0.15, 0.2) is 36.4 Å². The maximum Gasteiger partial charge on any atom is 0.259 e. The Bertz CT molecular complexity index is 659. The smallest absolute Gasteiger partial charge is 0.259 e. The van der Waals surface area contributed by atoms with Gasteiger partial charge in [-0.15, -0.1) is 0 Å². The van der Waals surface area contributed by atoms with Gasteiger partial charge in [-0.3, -0.25) is 4.79 Å². The molecule has 20 heavy (non-hydrogen) atoms. The molecule has 0 bridgehead atoms. The zero-order valence-electron chi connectivity index (χ0n) is 10.7. The van der Waals surface area contributed by atoms with Gasteiger partial charge in [-0.05, 0) is 30.3 Å². The lowest BCUT2D eigenvalue weighted by molar-refractivity contribution is 0.102. The molecule has 2 aromatic carbocycles. The predicted octanol–water partition coefficient (Wildman–Crippen LogP) is 2.89. The first kappa shape index (κ1) is 14.0. The van der Waals surface area contributed by atoms with Crippen molar-refractivity contribution in [2.24, 2.45) is 0 Å². The van der Waals surface area contributed by atoms with Gasteiger partial charge in [-0.25, -0.2) is 0 Å². The van der Waals surface area contributed by atoms with Crippen LogP contribution >= 0.6 is 11.6 Å². The van der Waals surface area contributed by atoms with E-state index in [4.69, 9.17) is 22.1 Å². The minimum absolute atomic E-state index is 0.124. The highest BCUT2D eigenvalue weighted by atomic mass is 35.5. The van der Waals surface area contributed by atoms with Crippen molar-refractivity contribution in [2.45, 2.75) is 0 Å². The first-order valence-electron chi connectivity index (χ1n) is 5.74. The Morgan fingerprint density at radius 3 is 2.65 bits per heavy atom. The lowest BCUT2D eigenvalue weighted by Gasteiger charge is -2.09. The first-order valence-corrected chi connectivity index (χ1v) is 6.12. The Morgan fingerprint density at radius 1 is 1.30 bits per heavy atom. The summed E-state index contributed by atoms with van der Waals surface area (Å²) in [6.07, 6.45) is 0. The summed E-state index contributed by atoms with van der Waals surface area (Å²) in [6.45, 7) is 0. The van der Waals surface area contributed by atoms with E-state index in [1.165, 1.54) is 25.3 Å². The maximum absolute atomic E-state index is 12.1. The van der Waals surface area contributed by atoms with Crippen LogP contribution in [0.25, 0.3) is 0 Å². The number of phenolic OH excluding ortho intramolecular Hbond substituents is 1. The molecule has 0 saturated carbocycles. The number of hydrogen-bond donors (Lipinski definition) is 3. The number of phenols is 1. The highest BCUT2D eigenvalue weighted by Gasteiger charge is 2.13. The molecule has 0 aliphatic rings. The number of nitrogen functional groups attached to an aromatic ring is 1. The number of hydrogen-bond acceptors (Lipinski definition) is 4. The fourth-order valence-corrected chi connectivity index (χ4v) is 1.89. The molecule has 5 nitrogen and oxygen atoms in total. The molecule has 0 aliphatic carbocycles. The van der Waals surface area contributed by atoms with Gasteiger partial charge < -0.3 is 20.9 Å². The van der Waals surface area contributed by atoms with E-state index in [9.17, 15) is 9.90 Å². The zero-order chi connectivity index (χ0) is 14.7. The Labute approximate surface area is 120 Å². The van der Waals surface area contributed by atoms with Crippen LogP contribution in [0.5, 0.6) is 11.5 Å². The minimum Gasteiger partial charge on any atom is -0.507 e.